The maximum Gasteiger partial charge on any atom is 0.263 e. The van der Waals surface area contributed by atoms with E-state index in [1.165, 1.54) is 42.7 Å². The number of nitrogens with one attached hydrogen (secondary N) is 1. The molecule has 7 heteroatoms. The molecule has 0 spiro atoms. The van der Waals surface area contributed by atoms with Crippen LogP contribution in [0.3, 0.4) is 0 Å². The molecule has 3 N–H and O–H groups in total. The summed E-state index contributed by atoms with van der Waals surface area (Å²) in [7, 11) is -3.81. The lowest BCUT2D eigenvalue weighted by atomic mass is 10.3. The zero-order chi connectivity index (χ0) is 15.3. The number of anilines is 1. The number of pyridine rings is 1. The van der Waals surface area contributed by atoms with Gasteiger partial charge in [-0.1, -0.05) is 11.8 Å². The van der Waals surface area contributed by atoms with Crippen LogP contribution in [0.5, 0.6) is 0 Å². The summed E-state index contributed by atoms with van der Waals surface area (Å²) < 4.78 is 39.5. The molecular weight excluding hydrogens is 293 g/mol. The van der Waals surface area contributed by atoms with Crippen LogP contribution in [0, 0.1) is 17.7 Å². The smallest absolute Gasteiger partial charge is 0.263 e. The van der Waals surface area contributed by atoms with Crippen molar-refractivity contribution in [3.63, 3.8) is 0 Å². The Morgan fingerprint density at radius 1 is 1.24 bits per heavy atom. The van der Waals surface area contributed by atoms with E-state index in [1.807, 2.05) is 0 Å². The Morgan fingerprint density at radius 3 is 2.62 bits per heavy atom. The molecule has 0 unspecified atom stereocenters. The zero-order valence-corrected chi connectivity index (χ0v) is 11.7. The number of sulfonamides is 1. The summed E-state index contributed by atoms with van der Waals surface area (Å²) in [5.74, 6) is 4.88. The van der Waals surface area contributed by atoms with Crippen molar-refractivity contribution in [2.24, 2.45) is 5.73 Å². The third-order valence-electron chi connectivity index (χ3n) is 2.45. The molecule has 21 heavy (non-hydrogen) atoms. The molecule has 0 fully saturated rings. The summed E-state index contributed by atoms with van der Waals surface area (Å²) in [4.78, 5) is 3.81. The van der Waals surface area contributed by atoms with E-state index in [0.29, 0.717) is 5.56 Å². The van der Waals surface area contributed by atoms with Crippen LogP contribution in [0.25, 0.3) is 0 Å². The molecule has 0 aliphatic carbocycles. The first-order chi connectivity index (χ1) is 10.0. The van der Waals surface area contributed by atoms with Gasteiger partial charge in [0.2, 0.25) is 0 Å². The molecule has 2 rings (SSSR count). The van der Waals surface area contributed by atoms with E-state index in [9.17, 15) is 12.8 Å². The van der Waals surface area contributed by atoms with Gasteiger partial charge in [-0.15, -0.1) is 0 Å². The van der Waals surface area contributed by atoms with Crippen LogP contribution in [-0.2, 0) is 10.0 Å². The Hall–Kier alpha value is -2.43. The number of halogens is 1. The summed E-state index contributed by atoms with van der Waals surface area (Å²) in [6.45, 7) is 0.171. The van der Waals surface area contributed by atoms with Gasteiger partial charge in [-0.05, 0) is 30.3 Å². The van der Waals surface area contributed by atoms with Gasteiger partial charge < -0.3 is 5.73 Å². The minimum absolute atomic E-state index is 0.0318. The summed E-state index contributed by atoms with van der Waals surface area (Å²) in [5, 5.41) is 0. The van der Waals surface area contributed by atoms with Gasteiger partial charge in [0.25, 0.3) is 10.0 Å². The topological polar surface area (TPSA) is 85.1 Å². The van der Waals surface area contributed by atoms with Gasteiger partial charge in [0.1, 0.15) is 10.7 Å². The highest BCUT2D eigenvalue weighted by Gasteiger charge is 2.15. The number of hydrogen-bond acceptors (Lipinski definition) is 4. The molecule has 0 bridgehead atoms. The highest BCUT2D eigenvalue weighted by atomic mass is 32.2. The quantitative estimate of drug-likeness (QED) is 0.838. The molecule has 0 aliphatic rings. The van der Waals surface area contributed by atoms with Gasteiger partial charge >= 0.3 is 0 Å². The Balaban J connectivity index is 2.29. The first kappa shape index (κ1) is 15.0. The van der Waals surface area contributed by atoms with Gasteiger partial charge in [0.15, 0.2) is 0 Å². The van der Waals surface area contributed by atoms with E-state index in [1.54, 1.807) is 0 Å². The first-order valence-electron chi connectivity index (χ1n) is 5.93. The van der Waals surface area contributed by atoms with Crippen LogP contribution < -0.4 is 10.5 Å². The van der Waals surface area contributed by atoms with E-state index in [0.717, 1.165) is 0 Å². The third-order valence-corrected chi connectivity index (χ3v) is 3.80. The second-order valence-electron chi connectivity index (χ2n) is 4.03. The molecule has 1 aromatic heterocycles. The van der Waals surface area contributed by atoms with Crippen molar-refractivity contribution in [2.75, 3.05) is 11.3 Å². The largest absolute Gasteiger partial charge is 0.320 e. The molecule has 108 valence electrons. The van der Waals surface area contributed by atoms with Gasteiger partial charge in [-0.2, -0.15) is 0 Å². The zero-order valence-electron chi connectivity index (χ0n) is 10.9. The van der Waals surface area contributed by atoms with Crippen molar-refractivity contribution in [3.05, 3.63) is 54.1 Å². The van der Waals surface area contributed by atoms with E-state index >= 15 is 0 Å². The fourth-order valence-electron chi connectivity index (χ4n) is 1.52. The van der Waals surface area contributed by atoms with Crippen molar-refractivity contribution >= 4 is 15.7 Å². The van der Waals surface area contributed by atoms with Crippen LogP contribution >= 0.6 is 0 Å². The van der Waals surface area contributed by atoms with Gasteiger partial charge in [0.05, 0.1) is 6.54 Å². The Labute approximate surface area is 122 Å². The summed E-state index contributed by atoms with van der Waals surface area (Å²) in [6.07, 6.45) is 2.65. The van der Waals surface area contributed by atoms with Gasteiger partial charge in [-0.25, -0.2) is 12.8 Å². The normalized spacial score (nSPS) is 10.6. The lowest BCUT2D eigenvalue weighted by Crippen LogP contribution is -2.13. The maximum absolute atomic E-state index is 12.8. The maximum atomic E-state index is 12.8. The standard InChI is InChI=1S/C14H12FN3O2S/c15-12-3-5-13(6-4-12)18-21(19,20)14-8-11(2-1-7-16)9-17-10-14/h3-6,8-10,18H,7,16H2. The van der Waals surface area contributed by atoms with Crippen LogP contribution in [0.2, 0.25) is 0 Å². The van der Waals surface area contributed by atoms with Crippen LogP contribution in [0.4, 0.5) is 10.1 Å². The molecular formula is C14H12FN3O2S. The van der Waals surface area contributed by atoms with E-state index in [4.69, 9.17) is 5.73 Å². The van der Waals surface area contributed by atoms with E-state index < -0.39 is 15.8 Å². The molecule has 0 amide bonds. The highest BCUT2D eigenvalue weighted by Crippen LogP contribution is 2.16. The lowest BCUT2D eigenvalue weighted by molar-refractivity contribution is 0.600. The summed E-state index contributed by atoms with van der Waals surface area (Å²) in [5.41, 5.74) is 5.97. The van der Waals surface area contributed by atoms with Crippen molar-refractivity contribution in [3.8, 4) is 11.8 Å². The fourth-order valence-corrected chi connectivity index (χ4v) is 2.57. The SMILES string of the molecule is NCC#Cc1cncc(S(=O)(=O)Nc2ccc(F)cc2)c1. The minimum Gasteiger partial charge on any atom is -0.320 e. The second kappa shape index (κ2) is 6.35. The number of rotatable bonds is 3. The summed E-state index contributed by atoms with van der Waals surface area (Å²) >= 11 is 0. The van der Waals surface area contributed by atoms with Crippen molar-refractivity contribution in [1.82, 2.24) is 4.98 Å². The predicted molar refractivity (Wildman–Crippen MR) is 77.4 cm³/mol. The second-order valence-corrected chi connectivity index (χ2v) is 5.71. The fraction of sp³-hybridized carbons (Fsp3) is 0.0714. The molecule has 0 aliphatic heterocycles. The van der Waals surface area contributed by atoms with E-state index in [2.05, 4.69) is 21.5 Å². The van der Waals surface area contributed by atoms with E-state index in [-0.39, 0.29) is 17.1 Å². The Kier molecular flexibility index (Phi) is 4.52. The van der Waals surface area contributed by atoms with Crippen molar-refractivity contribution < 1.29 is 12.8 Å². The number of hydrogen-bond donors (Lipinski definition) is 2. The number of nitrogens with zero attached hydrogens (tertiary/aromatic N) is 1. The molecule has 5 nitrogen and oxygen atoms in total. The Bertz CT molecular complexity index is 793. The highest BCUT2D eigenvalue weighted by molar-refractivity contribution is 7.92. The number of benzene rings is 1. The monoisotopic (exact) mass is 305 g/mol. The predicted octanol–water partition coefficient (Wildman–Crippen LogP) is 1.33. The van der Waals surface area contributed by atoms with Crippen LogP contribution in [0.15, 0.2) is 47.6 Å². The third kappa shape index (κ3) is 4.02. The minimum atomic E-state index is -3.81. The van der Waals surface area contributed by atoms with Crippen molar-refractivity contribution in [1.29, 1.82) is 0 Å². The lowest BCUT2D eigenvalue weighted by Gasteiger charge is -2.07. The molecule has 0 atom stereocenters. The molecule has 0 saturated heterocycles. The number of aromatic nitrogens is 1. The molecule has 2 aromatic rings. The summed E-state index contributed by atoms with van der Waals surface area (Å²) in [6, 6.07) is 6.39. The van der Waals surface area contributed by atoms with Crippen LogP contribution in [0.1, 0.15) is 5.56 Å². The molecule has 1 aromatic carbocycles. The average molecular weight is 305 g/mol. The average Bonchev–Trinajstić information content (AvgIpc) is 2.48. The number of nitrogens with two attached hydrogens (primary N) is 1. The van der Waals surface area contributed by atoms with Crippen LogP contribution in [-0.4, -0.2) is 19.9 Å². The van der Waals surface area contributed by atoms with Gasteiger partial charge in [0, 0.05) is 23.6 Å². The molecule has 0 radical (unpaired) electrons. The molecule has 0 saturated carbocycles. The van der Waals surface area contributed by atoms with Crippen molar-refractivity contribution in [2.45, 2.75) is 4.90 Å². The Morgan fingerprint density at radius 2 is 1.95 bits per heavy atom. The first-order valence-corrected chi connectivity index (χ1v) is 7.42. The molecule has 1 heterocycles. The van der Waals surface area contributed by atoms with Gasteiger partial charge in [-0.3, -0.25) is 9.71 Å².